The number of benzene rings is 8. The van der Waals surface area contributed by atoms with E-state index in [-0.39, 0.29) is 0 Å². The summed E-state index contributed by atoms with van der Waals surface area (Å²) in [6.45, 7) is 0. The van der Waals surface area contributed by atoms with Gasteiger partial charge in [0, 0.05) is 38.2 Å². The van der Waals surface area contributed by atoms with Crippen LogP contribution in [0.5, 0.6) is 0 Å². The van der Waals surface area contributed by atoms with Crippen LogP contribution in [0.2, 0.25) is 0 Å². The van der Waals surface area contributed by atoms with Crippen molar-refractivity contribution in [2.24, 2.45) is 0 Å². The van der Waals surface area contributed by atoms with Crippen molar-refractivity contribution in [1.82, 2.24) is 19.1 Å². The van der Waals surface area contributed by atoms with Crippen LogP contribution in [0.1, 0.15) is 0 Å². The lowest BCUT2D eigenvalue weighted by molar-refractivity contribution is 1.01. The van der Waals surface area contributed by atoms with Crippen LogP contribution in [0.3, 0.4) is 0 Å². The third kappa shape index (κ3) is 4.34. The van der Waals surface area contributed by atoms with Crippen molar-refractivity contribution < 1.29 is 0 Å². The first-order valence-electron chi connectivity index (χ1n) is 17.7. The van der Waals surface area contributed by atoms with Crippen LogP contribution in [0.4, 0.5) is 0 Å². The molecule has 0 saturated carbocycles. The lowest BCUT2D eigenvalue weighted by Gasteiger charge is -2.13. The normalized spacial score (nSPS) is 11.8. The lowest BCUT2D eigenvalue weighted by Crippen LogP contribution is -2.03. The van der Waals surface area contributed by atoms with E-state index in [4.69, 9.17) is 9.97 Å². The minimum Gasteiger partial charge on any atom is -0.309 e. The van der Waals surface area contributed by atoms with Crippen LogP contribution in [0.15, 0.2) is 182 Å². The van der Waals surface area contributed by atoms with E-state index in [1.165, 1.54) is 43.4 Å². The number of fused-ring (bicyclic) bond motifs is 8. The van der Waals surface area contributed by atoms with E-state index in [1.54, 1.807) is 0 Å². The standard InChI is InChI=1S/C48H30N4/c1-3-13-31(14-4-1)47-40-26-24-34(35-23-25-39-37-19-9-11-21-43(37)51(45(39)30-35)36-17-5-2-6-18-36)28-42(40)49-48(50-47)52-44-22-12-10-20-38(44)41-27-32-15-7-8-16-33(32)29-46(41)52/h1-30H. The molecule has 0 aliphatic heterocycles. The largest absolute Gasteiger partial charge is 0.309 e. The van der Waals surface area contributed by atoms with Gasteiger partial charge in [-0.1, -0.05) is 127 Å². The summed E-state index contributed by atoms with van der Waals surface area (Å²) >= 11 is 0. The predicted molar refractivity (Wildman–Crippen MR) is 217 cm³/mol. The van der Waals surface area contributed by atoms with Gasteiger partial charge in [0.15, 0.2) is 0 Å². The van der Waals surface area contributed by atoms with E-state index in [2.05, 4.69) is 191 Å². The fourth-order valence-corrected chi connectivity index (χ4v) is 8.09. The van der Waals surface area contributed by atoms with Crippen molar-refractivity contribution in [3.05, 3.63) is 182 Å². The van der Waals surface area contributed by atoms with Crippen LogP contribution < -0.4 is 0 Å². The zero-order chi connectivity index (χ0) is 34.2. The molecule has 4 nitrogen and oxygen atoms in total. The molecular formula is C48H30N4. The third-order valence-electron chi connectivity index (χ3n) is 10.5. The molecule has 0 spiro atoms. The van der Waals surface area contributed by atoms with Gasteiger partial charge in [0.2, 0.25) is 5.95 Å². The Morgan fingerprint density at radius 1 is 0.327 bits per heavy atom. The Morgan fingerprint density at radius 2 is 0.885 bits per heavy atom. The number of hydrogen-bond donors (Lipinski definition) is 0. The molecular weight excluding hydrogens is 633 g/mol. The van der Waals surface area contributed by atoms with Crippen LogP contribution in [-0.4, -0.2) is 19.1 Å². The van der Waals surface area contributed by atoms with E-state index in [0.717, 1.165) is 50.0 Å². The maximum atomic E-state index is 5.38. The highest BCUT2D eigenvalue weighted by atomic mass is 15.2. The summed E-state index contributed by atoms with van der Waals surface area (Å²) < 4.78 is 4.61. The quantitative estimate of drug-likeness (QED) is 0.188. The predicted octanol–water partition coefficient (Wildman–Crippen LogP) is 12.3. The Hall–Kier alpha value is -7.04. The molecule has 0 atom stereocenters. The molecule has 0 aliphatic rings. The van der Waals surface area contributed by atoms with Gasteiger partial charge in [-0.25, -0.2) is 9.97 Å². The van der Waals surface area contributed by atoms with Gasteiger partial charge in [-0.15, -0.1) is 0 Å². The van der Waals surface area contributed by atoms with Crippen molar-refractivity contribution in [1.29, 1.82) is 0 Å². The number of aromatic nitrogens is 4. The number of nitrogens with zero attached hydrogens (tertiary/aromatic N) is 4. The van der Waals surface area contributed by atoms with Crippen LogP contribution >= 0.6 is 0 Å². The van der Waals surface area contributed by atoms with Crippen LogP contribution in [0, 0.1) is 0 Å². The topological polar surface area (TPSA) is 35.6 Å². The Kier molecular flexibility index (Phi) is 6.22. The first-order chi connectivity index (χ1) is 25.8. The zero-order valence-electron chi connectivity index (χ0n) is 28.1. The molecule has 242 valence electrons. The van der Waals surface area contributed by atoms with Gasteiger partial charge in [-0.3, -0.25) is 4.57 Å². The first kappa shape index (κ1) is 28.8. The molecule has 11 rings (SSSR count). The average Bonchev–Trinajstić information content (AvgIpc) is 3.72. The summed E-state index contributed by atoms with van der Waals surface area (Å²) in [5.74, 6) is 0.657. The Labute approximate surface area is 299 Å². The maximum absolute atomic E-state index is 5.38. The second kappa shape index (κ2) is 11.2. The van der Waals surface area contributed by atoms with Gasteiger partial charge in [-0.2, -0.15) is 0 Å². The third-order valence-corrected chi connectivity index (χ3v) is 10.5. The van der Waals surface area contributed by atoms with Gasteiger partial charge in [0.1, 0.15) is 0 Å². The molecule has 3 aromatic heterocycles. The molecule has 8 aromatic carbocycles. The molecule has 0 aliphatic carbocycles. The molecule has 4 heteroatoms. The van der Waals surface area contributed by atoms with E-state index >= 15 is 0 Å². The number of para-hydroxylation sites is 3. The van der Waals surface area contributed by atoms with Crippen molar-refractivity contribution in [3.63, 3.8) is 0 Å². The summed E-state index contributed by atoms with van der Waals surface area (Å²) in [5.41, 5.74) is 10.8. The molecule has 0 amide bonds. The van der Waals surface area contributed by atoms with Crippen molar-refractivity contribution in [2.45, 2.75) is 0 Å². The van der Waals surface area contributed by atoms with Gasteiger partial charge >= 0.3 is 0 Å². The molecule has 11 aromatic rings. The minimum atomic E-state index is 0.657. The fourth-order valence-electron chi connectivity index (χ4n) is 8.09. The molecule has 52 heavy (non-hydrogen) atoms. The average molecular weight is 663 g/mol. The number of rotatable bonds is 4. The Balaban J connectivity index is 1.17. The maximum Gasteiger partial charge on any atom is 0.235 e. The van der Waals surface area contributed by atoms with E-state index in [1.807, 2.05) is 0 Å². The van der Waals surface area contributed by atoms with Gasteiger partial charge in [0.05, 0.1) is 33.3 Å². The molecule has 0 radical (unpaired) electrons. The van der Waals surface area contributed by atoms with E-state index in [9.17, 15) is 0 Å². The summed E-state index contributed by atoms with van der Waals surface area (Å²) in [6, 6.07) is 64.9. The molecule has 3 heterocycles. The molecule has 0 saturated heterocycles. The number of hydrogen-bond acceptors (Lipinski definition) is 2. The van der Waals surface area contributed by atoms with Crippen molar-refractivity contribution in [3.8, 4) is 34.0 Å². The minimum absolute atomic E-state index is 0.657. The highest BCUT2D eigenvalue weighted by Gasteiger charge is 2.19. The zero-order valence-corrected chi connectivity index (χ0v) is 28.1. The second-order valence-electron chi connectivity index (χ2n) is 13.5. The SMILES string of the molecule is c1ccc(-c2nc(-n3c4ccccc4c4cc5ccccc5cc43)nc3cc(-c4ccc5c6ccccc6n(-c6ccccc6)c5c4)ccc23)cc1. The highest BCUT2D eigenvalue weighted by molar-refractivity contribution is 6.14. The molecule has 0 N–H and O–H groups in total. The second-order valence-corrected chi connectivity index (χ2v) is 13.5. The van der Waals surface area contributed by atoms with Gasteiger partial charge in [-0.05, 0) is 76.5 Å². The molecule has 0 fully saturated rings. The van der Waals surface area contributed by atoms with Gasteiger partial charge < -0.3 is 4.57 Å². The highest BCUT2D eigenvalue weighted by Crippen LogP contribution is 2.38. The summed E-state index contributed by atoms with van der Waals surface area (Å²) in [7, 11) is 0. The smallest absolute Gasteiger partial charge is 0.235 e. The lowest BCUT2D eigenvalue weighted by atomic mass is 10.00. The van der Waals surface area contributed by atoms with E-state index in [0.29, 0.717) is 5.95 Å². The Bertz CT molecular complexity index is 3170. The molecule has 0 unspecified atom stereocenters. The van der Waals surface area contributed by atoms with Crippen LogP contribution in [0.25, 0.3) is 99.3 Å². The summed E-state index contributed by atoms with van der Waals surface area (Å²) in [4.78, 5) is 10.7. The van der Waals surface area contributed by atoms with E-state index < -0.39 is 0 Å². The van der Waals surface area contributed by atoms with Crippen molar-refractivity contribution in [2.75, 3.05) is 0 Å². The Morgan fingerprint density at radius 3 is 1.65 bits per heavy atom. The fraction of sp³-hybridized carbons (Fsp3) is 0. The summed E-state index contributed by atoms with van der Waals surface area (Å²) in [5, 5.41) is 8.28. The van der Waals surface area contributed by atoms with Gasteiger partial charge in [0.25, 0.3) is 0 Å². The van der Waals surface area contributed by atoms with Crippen molar-refractivity contribution >= 4 is 65.3 Å². The summed E-state index contributed by atoms with van der Waals surface area (Å²) in [6.07, 6.45) is 0. The molecule has 0 bridgehead atoms. The monoisotopic (exact) mass is 662 g/mol. The van der Waals surface area contributed by atoms with Crippen LogP contribution in [-0.2, 0) is 0 Å². The first-order valence-corrected chi connectivity index (χ1v) is 17.7.